The Balaban J connectivity index is 0.00000385. The second-order valence-corrected chi connectivity index (χ2v) is 11.8. The zero-order valence-electron chi connectivity index (χ0n) is 19.7. The SMILES string of the molecule is CCOC(=O)CCCCCCCC[P+](c1ccccc1)(c1ccccc1)c1ccccc1.[Br-]. The van der Waals surface area contributed by atoms with Crippen molar-refractivity contribution in [3.63, 3.8) is 0 Å². The molecule has 3 aromatic carbocycles. The molecule has 0 bridgehead atoms. The molecule has 0 heterocycles. The Morgan fingerprint density at radius 1 is 0.636 bits per heavy atom. The van der Waals surface area contributed by atoms with Gasteiger partial charge in [-0.3, -0.25) is 4.79 Å². The maximum Gasteiger partial charge on any atom is 0.305 e. The number of ether oxygens (including phenoxy) is 1. The summed E-state index contributed by atoms with van der Waals surface area (Å²) in [4.78, 5) is 11.5. The Morgan fingerprint density at radius 3 is 1.45 bits per heavy atom. The van der Waals surface area contributed by atoms with Crippen molar-refractivity contribution in [1.29, 1.82) is 0 Å². The average molecular weight is 527 g/mol. The molecule has 176 valence electrons. The highest BCUT2D eigenvalue weighted by molar-refractivity contribution is 7.95. The summed E-state index contributed by atoms with van der Waals surface area (Å²) >= 11 is 0. The fraction of sp³-hybridized carbons (Fsp3) is 0.345. The maximum atomic E-state index is 11.5. The molecule has 0 amide bonds. The second-order valence-electron chi connectivity index (χ2n) is 8.22. The number of halogens is 1. The number of esters is 1. The normalized spacial score (nSPS) is 10.9. The van der Waals surface area contributed by atoms with Crippen LogP contribution in [-0.2, 0) is 9.53 Å². The van der Waals surface area contributed by atoms with Gasteiger partial charge in [-0.15, -0.1) is 0 Å². The van der Waals surface area contributed by atoms with Crippen LogP contribution in [0.5, 0.6) is 0 Å². The summed E-state index contributed by atoms with van der Waals surface area (Å²) in [7, 11) is -1.70. The van der Waals surface area contributed by atoms with Gasteiger partial charge in [-0.2, -0.15) is 0 Å². The first kappa shape index (κ1) is 27.3. The van der Waals surface area contributed by atoms with Crippen LogP contribution < -0.4 is 32.9 Å². The summed E-state index contributed by atoms with van der Waals surface area (Å²) in [6, 6.07) is 33.4. The smallest absolute Gasteiger partial charge is 0.305 e. The number of carbonyl (C=O) groups is 1. The quantitative estimate of drug-likeness (QED) is 0.194. The zero-order valence-corrected chi connectivity index (χ0v) is 22.1. The lowest BCUT2D eigenvalue weighted by Crippen LogP contribution is -3.00. The van der Waals surface area contributed by atoms with Gasteiger partial charge in [0.05, 0.1) is 12.8 Å². The van der Waals surface area contributed by atoms with Crippen LogP contribution in [0.15, 0.2) is 91.0 Å². The van der Waals surface area contributed by atoms with Crippen LogP contribution in [0.25, 0.3) is 0 Å². The van der Waals surface area contributed by atoms with E-state index in [0.29, 0.717) is 13.0 Å². The van der Waals surface area contributed by atoms with Gasteiger partial charge >= 0.3 is 5.97 Å². The summed E-state index contributed by atoms with van der Waals surface area (Å²) in [5.74, 6) is -0.0596. The predicted octanol–water partition coefficient (Wildman–Crippen LogP) is 3.28. The number of benzene rings is 3. The number of rotatable bonds is 13. The molecule has 0 aliphatic carbocycles. The van der Waals surface area contributed by atoms with Gasteiger partial charge in [0, 0.05) is 6.42 Å². The van der Waals surface area contributed by atoms with Crippen molar-refractivity contribution in [2.24, 2.45) is 0 Å². The first-order valence-electron chi connectivity index (χ1n) is 12.0. The highest BCUT2D eigenvalue weighted by Crippen LogP contribution is 2.55. The van der Waals surface area contributed by atoms with Crippen molar-refractivity contribution in [2.45, 2.75) is 51.9 Å². The average Bonchev–Trinajstić information content (AvgIpc) is 2.85. The molecule has 0 atom stereocenters. The monoisotopic (exact) mass is 526 g/mol. The van der Waals surface area contributed by atoms with E-state index in [-0.39, 0.29) is 23.0 Å². The minimum atomic E-state index is -1.70. The zero-order chi connectivity index (χ0) is 22.5. The van der Waals surface area contributed by atoms with Gasteiger partial charge < -0.3 is 21.7 Å². The van der Waals surface area contributed by atoms with Gasteiger partial charge in [-0.05, 0) is 62.6 Å². The van der Waals surface area contributed by atoms with Crippen LogP contribution in [-0.4, -0.2) is 18.7 Å². The summed E-state index contributed by atoms with van der Waals surface area (Å²) in [6.45, 7) is 2.34. The highest BCUT2D eigenvalue weighted by Gasteiger charge is 2.44. The Hall–Kier alpha value is -1.96. The minimum absolute atomic E-state index is 0. The van der Waals surface area contributed by atoms with Crippen molar-refractivity contribution in [1.82, 2.24) is 0 Å². The van der Waals surface area contributed by atoms with E-state index < -0.39 is 7.26 Å². The van der Waals surface area contributed by atoms with Crippen molar-refractivity contribution < 1.29 is 26.5 Å². The van der Waals surface area contributed by atoms with Crippen LogP contribution in [0, 0.1) is 0 Å². The molecule has 3 aromatic rings. The number of hydrogen-bond donors (Lipinski definition) is 0. The van der Waals surface area contributed by atoms with Crippen molar-refractivity contribution in [3.8, 4) is 0 Å². The van der Waals surface area contributed by atoms with Crippen molar-refractivity contribution in [3.05, 3.63) is 91.0 Å². The van der Waals surface area contributed by atoms with Gasteiger partial charge in [0.2, 0.25) is 0 Å². The fourth-order valence-corrected chi connectivity index (χ4v) is 8.85. The van der Waals surface area contributed by atoms with E-state index >= 15 is 0 Å². The number of hydrogen-bond acceptors (Lipinski definition) is 2. The molecule has 0 fully saturated rings. The van der Waals surface area contributed by atoms with Crippen LogP contribution in [0.3, 0.4) is 0 Å². The van der Waals surface area contributed by atoms with Crippen LogP contribution in [0.4, 0.5) is 0 Å². The molecular weight excluding hydrogens is 491 g/mol. The lowest BCUT2D eigenvalue weighted by Gasteiger charge is -2.27. The van der Waals surface area contributed by atoms with E-state index in [9.17, 15) is 4.79 Å². The van der Waals surface area contributed by atoms with E-state index in [4.69, 9.17) is 4.74 Å². The Bertz CT molecular complexity index is 819. The van der Waals surface area contributed by atoms with E-state index in [0.717, 1.165) is 12.8 Å². The second kappa shape index (κ2) is 15.0. The third-order valence-corrected chi connectivity index (χ3v) is 10.5. The predicted molar refractivity (Wildman–Crippen MR) is 139 cm³/mol. The van der Waals surface area contributed by atoms with E-state index in [1.807, 2.05) is 6.92 Å². The minimum Gasteiger partial charge on any atom is -1.00 e. The lowest BCUT2D eigenvalue weighted by molar-refractivity contribution is -0.143. The van der Waals surface area contributed by atoms with Crippen molar-refractivity contribution in [2.75, 3.05) is 12.8 Å². The molecule has 0 saturated carbocycles. The standard InChI is InChI=1S/C29H36O2P.BrH/c1-2-31-29(30)24-16-5-3-4-6-17-25-32(26-18-10-7-11-19-26,27-20-12-8-13-21-27)28-22-14-9-15-23-28;/h7-15,18-23H,2-6,16-17,24-25H2,1H3;1H/q+1;/p-1. The summed E-state index contributed by atoms with van der Waals surface area (Å²) in [6.07, 6.45) is 8.64. The third-order valence-electron chi connectivity index (χ3n) is 6.02. The Labute approximate surface area is 210 Å². The molecule has 4 heteroatoms. The van der Waals surface area contributed by atoms with Crippen LogP contribution >= 0.6 is 7.26 Å². The van der Waals surface area contributed by atoms with E-state index in [2.05, 4.69) is 91.0 Å². The van der Waals surface area contributed by atoms with Crippen LogP contribution in [0.2, 0.25) is 0 Å². The molecular formula is C29H36BrO2P. The van der Waals surface area contributed by atoms with Gasteiger partial charge in [0.1, 0.15) is 23.2 Å². The van der Waals surface area contributed by atoms with Crippen molar-refractivity contribution >= 4 is 29.1 Å². The molecule has 0 aliphatic rings. The maximum absolute atomic E-state index is 11.5. The summed E-state index contributed by atoms with van der Waals surface area (Å²) in [5, 5.41) is 4.39. The van der Waals surface area contributed by atoms with E-state index in [1.54, 1.807) is 0 Å². The van der Waals surface area contributed by atoms with Crippen LogP contribution in [0.1, 0.15) is 51.9 Å². The molecule has 0 aliphatic heterocycles. The highest BCUT2D eigenvalue weighted by atomic mass is 79.9. The molecule has 3 rings (SSSR count). The van der Waals surface area contributed by atoms with Gasteiger partial charge in [0.25, 0.3) is 0 Å². The number of unbranched alkanes of at least 4 members (excludes halogenated alkanes) is 5. The molecule has 0 radical (unpaired) electrons. The van der Waals surface area contributed by atoms with Gasteiger partial charge in [0.15, 0.2) is 0 Å². The summed E-state index contributed by atoms with van der Waals surface area (Å²) < 4.78 is 5.02. The molecule has 33 heavy (non-hydrogen) atoms. The van der Waals surface area contributed by atoms with E-state index in [1.165, 1.54) is 47.8 Å². The molecule has 0 N–H and O–H groups in total. The Kier molecular flexibility index (Phi) is 12.4. The largest absolute Gasteiger partial charge is 1.00 e. The number of carbonyl (C=O) groups excluding carboxylic acids is 1. The Morgan fingerprint density at radius 2 is 1.03 bits per heavy atom. The van der Waals surface area contributed by atoms with Gasteiger partial charge in [-0.1, -0.05) is 73.9 Å². The summed E-state index contributed by atoms with van der Waals surface area (Å²) in [5.41, 5.74) is 0. The topological polar surface area (TPSA) is 26.3 Å². The molecule has 0 unspecified atom stereocenters. The lowest BCUT2D eigenvalue weighted by atomic mass is 10.1. The first-order chi connectivity index (χ1) is 15.8. The fourth-order valence-electron chi connectivity index (χ4n) is 4.44. The molecule has 0 aromatic heterocycles. The molecule has 2 nitrogen and oxygen atoms in total. The third kappa shape index (κ3) is 7.80. The molecule has 0 saturated heterocycles. The first-order valence-corrected chi connectivity index (χ1v) is 14.0. The molecule has 0 spiro atoms. The van der Waals surface area contributed by atoms with Gasteiger partial charge in [-0.25, -0.2) is 0 Å².